The van der Waals surface area contributed by atoms with Crippen LogP contribution in [0.2, 0.25) is 0 Å². The van der Waals surface area contributed by atoms with Crippen molar-refractivity contribution >= 4 is 17.2 Å². The number of hydrogen-bond donors (Lipinski definition) is 1. The molecule has 0 aliphatic carbocycles. The Morgan fingerprint density at radius 2 is 2.33 bits per heavy atom. The lowest BCUT2D eigenvalue weighted by Crippen LogP contribution is -2.31. The summed E-state index contributed by atoms with van der Waals surface area (Å²) in [6.07, 6.45) is 5.74. The van der Waals surface area contributed by atoms with Gasteiger partial charge in [-0.3, -0.25) is 4.79 Å². The van der Waals surface area contributed by atoms with Gasteiger partial charge in [0.2, 0.25) is 0 Å². The monoisotopic (exact) mass is 221 g/mol. The van der Waals surface area contributed by atoms with Crippen LogP contribution in [-0.4, -0.2) is 11.9 Å². The van der Waals surface area contributed by atoms with Gasteiger partial charge in [-0.25, -0.2) is 0 Å². The lowest BCUT2D eigenvalue weighted by atomic mass is 10.2. The highest BCUT2D eigenvalue weighted by Crippen LogP contribution is 2.20. The van der Waals surface area contributed by atoms with Gasteiger partial charge in [0.1, 0.15) is 0 Å². The first kappa shape index (κ1) is 11.8. The van der Waals surface area contributed by atoms with Crippen molar-refractivity contribution in [3.8, 4) is 12.3 Å². The Bertz CT molecular complexity index is 381. The van der Waals surface area contributed by atoms with E-state index < -0.39 is 0 Å². The van der Waals surface area contributed by atoms with Crippen LogP contribution < -0.4 is 5.32 Å². The van der Waals surface area contributed by atoms with Gasteiger partial charge in [-0.15, -0.1) is 23.7 Å². The van der Waals surface area contributed by atoms with Gasteiger partial charge in [-0.1, -0.05) is 0 Å². The van der Waals surface area contributed by atoms with Crippen LogP contribution in [0.3, 0.4) is 0 Å². The Kier molecular flexibility index (Phi) is 3.93. The van der Waals surface area contributed by atoms with E-state index in [1.807, 2.05) is 26.8 Å². The van der Waals surface area contributed by atoms with E-state index in [4.69, 9.17) is 6.42 Å². The minimum Gasteiger partial charge on any atom is -0.348 e. The maximum atomic E-state index is 11.7. The molecule has 0 aromatic carbocycles. The average molecular weight is 221 g/mol. The van der Waals surface area contributed by atoms with Gasteiger partial charge < -0.3 is 5.32 Å². The molecule has 1 amide bonds. The fraction of sp³-hybridized carbons (Fsp3) is 0.417. The lowest BCUT2D eigenvalue weighted by Gasteiger charge is -2.09. The Balaban J connectivity index is 2.66. The van der Waals surface area contributed by atoms with Gasteiger partial charge in [0, 0.05) is 17.3 Å². The predicted octanol–water partition coefficient (Wildman–Crippen LogP) is 2.51. The van der Waals surface area contributed by atoms with E-state index in [9.17, 15) is 4.79 Å². The molecule has 15 heavy (non-hydrogen) atoms. The molecule has 1 aromatic heterocycles. The van der Waals surface area contributed by atoms with Crippen LogP contribution in [0.15, 0.2) is 6.07 Å². The second-order valence-electron chi connectivity index (χ2n) is 3.63. The summed E-state index contributed by atoms with van der Waals surface area (Å²) in [6.45, 7) is 5.93. The number of terminal acetylenes is 1. The highest BCUT2D eigenvalue weighted by atomic mass is 32.1. The topological polar surface area (TPSA) is 29.1 Å². The van der Waals surface area contributed by atoms with Gasteiger partial charge >= 0.3 is 0 Å². The summed E-state index contributed by atoms with van der Waals surface area (Å²) < 4.78 is 0. The smallest absolute Gasteiger partial charge is 0.261 e. The van der Waals surface area contributed by atoms with Gasteiger partial charge in [-0.2, -0.15) is 0 Å². The van der Waals surface area contributed by atoms with Gasteiger partial charge in [0.25, 0.3) is 5.91 Å². The molecule has 1 atom stereocenters. The zero-order chi connectivity index (χ0) is 11.4. The Hall–Kier alpha value is -1.27. The maximum Gasteiger partial charge on any atom is 0.261 e. The quantitative estimate of drug-likeness (QED) is 0.781. The van der Waals surface area contributed by atoms with Crippen molar-refractivity contribution in [2.75, 3.05) is 0 Å². The lowest BCUT2D eigenvalue weighted by molar-refractivity contribution is 0.0945. The molecule has 0 aliphatic rings. The molecular weight excluding hydrogens is 206 g/mol. The van der Waals surface area contributed by atoms with Crippen molar-refractivity contribution < 1.29 is 4.79 Å². The Morgan fingerprint density at radius 3 is 2.80 bits per heavy atom. The molecule has 0 spiro atoms. The number of carbonyl (C=O) groups excluding carboxylic acids is 1. The Labute approximate surface area is 94.7 Å². The highest BCUT2D eigenvalue weighted by molar-refractivity contribution is 7.14. The molecule has 0 aliphatic heterocycles. The van der Waals surface area contributed by atoms with Crippen molar-refractivity contribution in [1.29, 1.82) is 0 Å². The summed E-state index contributed by atoms with van der Waals surface area (Å²) in [7, 11) is 0. The predicted molar refractivity (Wildman–Crippen MR) is 64.2 cm³/mol. The van der Waals surface area contributed by atoms with Crippen LogP contribution in [0.5, 0.6) is 0 Å². The van der Waals surface area contributed by atoms with Crippen LogP contribution >= 0.6 is 11.3 Å². The highest BCUT2D eigenvalue weighted by Gasteiger charge is 2.12. The van der Waals surface area contributed by atoms with Gasteiger partial charge in [0.05, 0.1) is 4.88 Å². The first-order chi connectivity index (χ1) is 7.04. The molecule has 3 heteroatoms. The summed E-state index contributed by atoms with van der Waals surface area (Å²) in [6, 6.07) is 1.95. The van der Waals surface area contributed by atoms with Crippen LogP contribution in [0.25, 0.3) is 0 Å². The zero-order valence-corrected chi connectivity index (χ0v) is 10.1. The number of aryl methyl sites for hydroxylation is 2. The third-order valence-corrected chi connectivity index (χ3v) is 3.34. The zero-order valence-electron chi connectivity index (χ0n) is 9.26. The normalized spacial score (nSPS) is 11.9. The molecular formula is C12H15NOS. The van der Waals surface area contributed by atoms with E-state index in [-0.39, 0.29) is 11.9 Å². The first-order valence-electron chi connectivity index (χ1n) is 4.86. The second-order valence-corrected chi connectivity index (χ2v) is 4.89. The average Bonchev–Trinajstić information content (AvgIpc) is 2.47. The van der Waals surface area contributed by atoms with E-state index in [0.717, 1.165) is 10.4 Å². The molecule has 2 nitrogen and oxygen atoms in total. The minimum absolute atomic E-state index is 0.0288. The number of nitrogens with one attached hydrogen (secondary N) is 1. The molecule has 1 aromatic rings. The molecule has 0 fully saturated rings. The van der Waals surface area contributed by atoms with Gasteiger partial charge in [0.15, 0.2) is 0 Å². The van der Waals surface area contributed by atoms with Crippen molar-refractivity contribution in [3.63, 3.8) is 0 Å². The number of rotatable bonds is 3. The van der Waals surface area contributed by atoms with Crippen molar-refractivity contribution in [1.82, 2.24) is 5.32 Å². The van der Waals surface area contributed by atoms with E-state index in [0.29, 0.717) is 6.42 Å². The number of carbonyl (C=O) groups is 1. The number of thiophene rings is 1. The fourth-order valence-electron chi connectivity index (χ4n) is 1.21. The third kappa shape index (κ3) is 3.10. The molecule has 80 valence electrons. The van der Waals surface area contributed by atoms with E-state index in [1.54, 1.807) is 0 Å². The summed E-state index contributed by atoms with van der Waals surface area (Å²) >= 11 is 1.52. The van der Waals surface area contributed by atoms with Crippen LogP contribution in [0.1, 0.15) is 33.5 Å². The molecule has 1 heterocycles. The second kappa shape index (κ2) is 4.99. The minimum atomic E-state index is -0.0288. The number of hydrogen-bond acceptors (Lipinski definition) is 2. The number of amides is 1. The van der Waals surface area contributed by atoms with Crippen molar-refractivity contribution in [2.24, 2.45) is 0 Å². The molecule has 1 N–H and O–H groups in total. The summed E-state index contributed by atoms with van der Waals surface area (Å²) in [5.74, 6) is 2.50. The summed E-state index contributed by atoms with van der Waals surface area (Å²) in [4.78, 5) is 13.7. The molecule has 1 unspecified atom stereocenters. The largest absolute Gasteiger partial charge is 0.348 e. The van der Waals surface area contributed by atoms with Crippen LogP contribution in [0, 0.1) is 26.2 Å². The van der Waals surface area contributed by atoms with Crippen LogP contribution in [-0.2, 0) is 0 Å². The van der Waals surface area contributed by atoms with E-state index in [2.05, 4.69) is 11.2 Å². The van der Waals surface area contributed by atoms with Crippen molar-refractivity contribution in [2.45, 2.75) is 33.2 Å². The SMILES string of the molecule is C#CCC(C)NC(=O)c1cc(C)c(C)s1. The third-order valence-electron chi connectivity index (χ3n) is 2.19. The molecule has 0 saturated heterocycles. The maximum absolute atomic E-state index is 11.7. The first-order valence-corrected chi connectivity index (χ1v) is 5.67. The standard InChI is InChI=1S/C12H15NOS/c1-5-6-9(3)13-12(14)11-7-8(2)10(4)15-11/h1,7,9H,6H2,2-4H3,(H,13,14). The molecule has 0 bridgehead atoms. The van der Waals surface area contributed by atoms with E-state index in [1.165, 1.54) is 16.2 Å². The summed E-state index contributed by atoms with van der Waals surface area (Å²) in [5.41, 5.74) is 1.16. The van der Waals surface area contributed by atoms with Gasteiger partial charge in [-0.05, 0) is 32.4 Å². The van der Waals surface area contributed by atoms with Crippen LogP contribution in [0.4, 0.5) is 0 Å². The summed E-state index contributed by atoms with van der Waals surface area (Å²) in [5, 5.41) is 2.87. The van der Waals surface area contributed by atoms with Crippen molar-refractivity contribution in [3.05, 3.63) is 21.4 Å². The van der Waals surface area contributed by atoms with E-state index >= 15 is 0 Å². The molecule has 1 rings (SSSR count). The molecule has 0 saturated carbocycles. The Morgan fingerprint density at radius 1 is 1.67 bits per heavy atom. The fourth-order valence-corrected chi connectivity index (χ4v) is 2.14. The molecule has 0 radical (unpaired) electrons.